The zero-order valence-corrected chi connectivity index (χ0v) is 18.3. The van der Waals surface area contributed by atoms with Crippen LogP contribution in [0.2, 0.25) is 0 Å². The fourth-order valence-corrected chi connectivity index (χ4v) is 3.36. The van der Waals surface area contributed by atoms with Gasteiger partial charge in [0.2, 0.25) is 0 Å². The van der Waals surface area contributed by atoms with Crippen molar-refractivity contribution in [2.75, 3.05) is 17.7 Å². The van der Waals surface area contributed by atoms with E-state index >= 15 is 0 Å². The predicted octanol–water partition coefficient (Wildman–Crippen LogP) is 4.74. The highest BCUT2D eigenvalue weighted by atomic mass is 16.2. The number of hydrogen-bond acceptors (Lipinski definition) is 4. The number of benzene rings is 3. The summed E-state index contributed by atoms with van der Waals surface area (Å²) in [7, 11) is 1.78. The molecule has 4 rings (SSSR count). The molecule has 3 amide bonds. The largest absolute Gasteiger partial charge is 0.335 e. The van der Waals surface area contributed by atoms with Crippen LogP contribution in [0.1, 0.15) is 28.9 Å². The Morgan fingerprint density at radius 2 is 1.52 bits per heavy atom. The van der Waals surface area contributed by atoms with E-state index in [-0.39, 0.29) is 18.0 Å². The van der Waals surface area contributed by atoms with Crippen molar-refractivity contribution in [1.29, 1.82) is 0 Å². The molecule has 0 saturated carbocycles. The van der Waals surface area contributed by atoms with Crippen molar-refractivity contribution < 1.29 is 9.59 Å². The molecule has 1 heterocycles. The molecule has 1 atom stereocenters. The number of carbonyl (C=O) groups excluding carboxylic acids is 2. The second kappa shape index (κ2) is 9.78. The average Bonchev–Trinajstić information content (AvgIpc) is 3.39. The molecule has 3 aromatic carbocycles. The van der Waals surface area contributed by atoms with Crippen molar-refractivity contribution in [3.05, 3.63) is 103 Å². The molecule has 0 fully saturated rings. The Labute approximate surface area is 191 Å². The lowest BCUT2D eigenvalue weighted by molar-refractivity contribution is 0.0742. The molecule has 0 aliphatic carbocycles. The zero-order chi connectivity index (χ0) is 23.2. The Hall–Kier alpha value is -4.46. The zero-order valence-electron chi connectivity index (χ0n) is 18.3. The Morgan fingerprint density at radius 3 is 2.12 bits per heavy atom. The van der Waals surface area contributed by atoms with E-state index in [0.29, 0.717) is 16.9 Å². The van der Waals surface area contributed by atoms with Gasteiger partial charge in [0.05, 0.1) is 11.7 Å². The highest BCUT2D eigenvalue weighted by Gasteiger charge is 2.19. The topological polar surface area (TPSA) is 92.2 Å². The van der Waals surface area contributed by atoms with Gasteiger partial charge in [0.1, 0.15) is 12.7 Å². The minimum Gasteiger partial charge on any atom is -0.335 e. The van der Waals surface area contributed by atoms with Crippen molar-refractivity contribution in [2.45, 2.75) is 13.0 Å². The lowest BCUT2D eigenvalue weighted by Gasteiger charge is -2.25. The molecule has 0 bridgehead atoms. The van der Waals surface area contributed by atoms with Gasteiger partial charge in [0.25, 0.3) is 5.91 Å². The van der Waals surface area contributed by atoms with Crippen LogP contribution in [0.4, 0.5) is 16.2 Å². The summed E-state index contributed by atoms with van der Waals surface area (Å²) in [4.78, 5) is 30.8. The number of para-hydroxylation sites is 1. The second-order valence-corrected chi connectivity index (χ2v) is 7.55. The van der Waals surface area contributed by atoms with E-state index in [0.717, 1.165) is 11.3 Å². The lowest BCUT2D eigenvalue weighted by Crippen LogP contribution is -2.29. The minimum atomic E-state index is -0.347. The maximum atomic E-state index is 13.0. The summed E-state index contributed by atoms with van der Waals surface area (Å²) < 4.78 is 1.68. The van der Waals surface area contributed by atoms with Crippen molar-refractivity contribution in [3.63, 3.8) is 0 Å². The van der Waals surface area contributed by atoms with Crippen LogP contribution in [0, 0.1) is 0 Å². The van der Waals surface area contributed by atoms with Gasteiger partial charge in [-0.25, -0.2) is 14.5 Å². The first-order chi connectivity index (χ1) is 16.0. The monoisotopic (exact) mass is 440 g/mol. The quantitative estimate of drug-likeness (QED) is 0.453. The number of rotatable bonds is 6. The normalized spacial score (nSPS) is 11.5. The van der Waals surface area contributed by atoms with E-state index in [1.807, 2.05) is 49.4 Å². The summed E-state index contributed by atoms with van der Waals surface area (Å²) >= 11 is 0. The Bertz CT molecular complexity index is 1210. The Kier molecular flexibility index (Phi) is 6.45. The number of aromatic nitrogens is 3. The first-order valence-corrected chi connectivity index (χ1v) is 10.5. The fraction of sp³-hybridized carbons (Fsp3) is 0.120. The van der Waals surface area contributed by atoms with Crippen molar-refractivity contribution in [3.8, 4) is 5.69 Å². The minimum absolute atomic E-state index is 0.108. The van der Waals surface area contributed by atoms with Gasteiger partial charge >= 0.3 is 6.03 Å². The number of hydrogen-bond donors (Lipinski definition) is 2. The molecule has 2 N–H and O–H groups in total. The van der Waals surface area contributed by atoms with Gasteiger partial charge in [-0.3, -0.25) is 4.79 Å². The van der Waals surface area contributed by atoms with E-state index in [1.54, 1.807) is 59.4 Å². The van der Waals surface area contributed by atoms with Crippen LogP contribution in [-0.2, 0) is 0 Å². The van der Waals surface area contributed by atoms with Crippen molar-refractivity contribution in [1.82, 2.24) is 19.7 Å². The van der Waals surface area contributed by atoms with Crippen LogP contribution in [0.5, 0.6) is 0 Å². The summed E-state index contributed by atoms with van der Waals surface area (Å²) in [6.45, 7) is 1.98. The van der Waals surface area contributed by atoms with Gasteiger partial charge in [-0.15, -0.1) is 0 Å². The third-order valence-electron chi connectivity index (χ3n) is 5.38. The summed E-state index contributed by atoms with van der Waals surface area (Å²) in [6, 6.07) is 23.4. The highest BCUT2D eigenvalue weighted by Crippen LogP contribution is 2.22. The number of nitrogens with zero attached hydrogens (tertiary/aromatic N) is 4. The van der Waals surface area contributed by atoms with Crippen LogP contribution in [0.25, 0.3) is 5.69 Å². The molecule has 1 aromatic heterocycles. The molecule has 0 radical (unpaired) electrons. The van der Waals surface area contributed by atoms with Crippen LogP contribution in [-0.4, -0.2) is 38.7 Å². The van der Waals surface area contributed by atoms with Gasteiger partial charge in [-0.2, -0.15) is 5.10 Å². The Morgan fingerprint density at radius 1 is 0.879 bits per heavy atom. The highest BCUT2D eigenvalue weighted by molar-refractivity contribution is 6.00. The van der Waals surface area contributed by atoms with E-state index in [1.165, 1.54) is 6.33 Å². The van der Waals surface area contributed by atoms with E-state index < -0.39 is 0 Å². The lowest BCUT2D eigenvalue weighted by atomic mass is 10.1. The van der Waals surface area contributed by atoms with Gasteiger partial charge < -0.3 is 15.5 Å². The van der Waals surface area contributed by atoms with Gasteiger partial charge in [-0.05, 0) is 61.0 Å². The number of anilines is 2. The fourth-order valence-electron chi connectivity index (χ4n) is 3.36. The van der Waals surface area contributed by atoms with Gasteiger partial charge in [0, 0.05) is 24.0 Å². The van der Waals surface area contributed by atoms with Crippen molar-refractivity contribution in [2.24, 2.45) is 0 Å². The summed E-state index contributed by atoms with van der Waals surface area (Å²) in [6.07, 6.45) is 3.12. The molecule has 33 heavy (non-hydrogen) atoms. The Balaban J connectivity index is 1.37. The smallest absolute Gasteiger partial charge is 0.323 e. The molecule has 0 spiro atoms. The summed E-state index contributed by atoms with van der Waals surface area (Å²) in [5.41, 5.74) is 3.74. The van der Waals surface area contributed by atoms with E-state index in [4.69, 9.17) is 0 Å². The molecule has 0 aliphatic heterocycles. The first kappa shape index (κ1) is 21.8. The summed E-state index contributed by atoms with van der Waals surface area (Å²) in [5.74, 6) is -0.108. The molecular weight excluding hydrogens is 416 g/mol. The molecule has 1 unspecified atom stereocenters. The molecular formula is C25H24N6O2. The van der Waals surface area contributed by atoms with Crippen LogP contribution >= 0.6 is 0 Å². The van der Waals surface area contributed by atoms with E-state index in [9.17, 15) is 9.59 Å². The third-order valence-corrected chi connectivity index (χ3v) is 5.38. The van der Waals surface area contributed by atoms with Gasteiger partial charge in [0.15, 0.2) is 0 Å². The number of urea groups is 1. The SMILES string of the molecule is CC(c1ccc(-n2cncn2)cc1)N(C)C(=O)c1ccc(NC(=O)Nc2ccccc2)cc1. The molecule has 8 heteroatoms. The second-order valence-electron chi connectivity index (χ2n) is 7.55. The standard InChI is InChI=1S/C25H24N6O2/c1-18(19-10-14-23(15-11-19)31-17-26-16-27-31)30(2)24(32)20-8-12-22(13-9-20)29-25(33)28-21-6-4-3-5-7-21/h3-18H,1-2H3,(H2,28,29,33). The average molecular weight is 441 g/mol. The third kappa shape index (κ3) is 5.24. The van der Waals surface area contributed by atoms with Crippen LogP contribution in [0.3, 0.4) is 0 Å². The van der Waals surface area contributed by atoms with Gasteiger partial charge in [-0.1, -0.05) is 30.3 Å². The first-order valence-electron chi connectivity index (χ1n) is 10.5. The molecule has 8 nitrogen and oxygen atoms in total. The predicted molar refractivity (Wildman–Crippen MR) is 127 cm³/mol. The van der Waals surface area contributed by atoms with Crippen molar-refractivity contribution >= 4 is 23.3 Å². The molecule has 4 aromatic rings. The maximum Gasteiger partial charge on any atom is 0.323 e. The van der Waals surface area contributed by atoms with Crippen LogP contribution in [0.15, 0.2) is 91.5 Å². The van der Waals surface area contributed by atoms with E-state index in [2.05, 4.69) is 20.7 Å². The maximum absolute atomic E-state index is 13.0. The molecule has 0 saturated heterocycles. The molecule has 166 valence electrons. The van der Waals surface area contributed by atoms with Crippen LogP contribution < -0.4 is 10.6 Å². The summed E-state index contributed by atoms with van der Waals surface area (Å²) in [5, 5.41) is 9.64. The molecule has 0 aliphatic rings. The number of amides is 3. The number of nitrogens with one attached hydrogen (secondary N) is 2. The number of carbonyl (C=O) groups is 2.